The maximum Gasteiger partial charge on any atom is 0.338 e. The molecule has 3 aliphatic rings. The van der Waals surface area contributed by atoms with Crippen LogP contribution in [0.25, 0.3) is 0 Å². The minimum Gasteiger partial charge on any atom is -0.493 e. The van der Waals surface area contributed by atoms with Gasteiger partial charge in [0.25, 0.3) is 0 Å². The Kier molecular flexibility index (Phi) is 8.76. The first kappa shape index (κ1) is 27.8. The lowest BCUT2D eigenvalue weighted by Gasteiger charge is -2.36. The monoisotopic (exact) mass is 563 g/mol. The maximum absolute atomic E-state index is 13.1. The normalized spacial score (nSPS) is 20.0. The molecule has 9 nitrogen and oxygen atoms in total. The van der Waals surface area contributed by atoms with Gasteiger partial charge in [0.1, 0.15) is 6.61 Å². The first-order valence-corrected chi connectivity index (χ1v) is 14.1. The predicted molar refractivity (Wildman–Crippen MR) is 153 cm³/mol. The van der Waals surface area contributed by atoms with Gasteiger partial charge in [-0.15, -0.1) is 0 Å². The summed E-state index contributed by atoms with van der Waals surface area (Å²) in [5, 5.41) is 5.60. The van der Waals surface area contributed by atoms with Gasteiger partial charge in [-0.1, -0.05) is 48.2 Å². The number of methoxy groups -OCH3 is 2. The van der Waals surface area contributed by atoms with Crippen LogP contribution in [0, 0.1) is 0 Å². The maximum atomic E-state index is 13.1. The van der Waals surface area contributed by atoms with Crippen LogP contribution in [-0.2, 0) is 25.7 Å². The molecular formula is C30H33N3O6S. The number of carbonyl (C=O) groups excluding carboxylic acids is 2. The van der Waals surface area contributed by atoms with Crippen LogP contribution in [0.3, 0.4) is 0 Å². The fourth-order valence-corrected chi connectivity index (χ4v) is 5.99. The second-order valence-corrected chi connectivity index (χ2v) is 10.5. The standard InChI is InChI=1S/C30H33N3O6S/c1-19-27(29(35)37-3)28(21-11-12-24(25(14-21)36-2)39-17-20-8-5-4-6-9-20)33-22(18-40-30(33)32-19)15-26(34)31-16-23-10-7-13-38-23/h4-6,8-9,11-12,14,18,23,28H,7,10,13,15-17H2,1-3H3,(H,31,34)/t23-,28-/m0/s1. The molecule has 10 heteroatoms. The Hall–Kier alpha value is -3.76. The van der Waals surface area contributed by atoms with E-state index in [-0.39, 0.29) is 18.4 Å². The quantitative estimate of drug-likeness (QED) is 0.415. The van der Waals surface area contributed by atoms with Gasteiger partial charge in [-0.05, 0) is 48.4 Å². The molecule has 1 saturated heterocycles. The Morgan fingerprint density at radius 3 is 2.70 bits per heavy atom. The Labute approximate surface area is 238 Å². The number of thioether (sulfide) groups is 1. The van der Waals surface area contributed by atoms with E-state index in [9.17, 15) is 9.59 Å². The minimum atomic E-state index is -0.566. The van der Waals surface area contributed by atoms with Crippen molar-refractivity contribution in [3.63, 3.8) is 0 Å². The molecule has 0 bridgehead atoms. The highest BCUT2D eigenvalue weighted by Gasteiger charge is 2.41. The van der Waals surface area contributed by atoms with Gasteiger partial charge in [-0.3, -0.25) is 4.79 Å². The van der Waals surface area contributed by atoms with Crippen molar-refractivity contribution in [1.82, 2.24) is 10.2 Å². The first-order valence-electron chi connectivity index (χ1n) is 13.2. The molecule has 0 spiro atoms. The smallest absolute Gasteiger partial charge is 0.338 e. The molecule has 5 rings (SSSR count). The fourth-order valence-electron chi connectivity index (χ4n) is 5.02. The summed E-state index contributed by atoms with van der Waals surface area (Å²) >= 11 is 1.43. The van der Waals surface area contributed by atoms with Crippen molar-refractivity contribution in [3.05, 3.63) is 82.0 Å². The summed E-state index contributed by atoms with van der Waals surface area (Å²) in [5.74, 6) is 0.523. The zero-order chi connectivity index (χ0) is 28.1. The highest BCUT2D eigenvalue weighted by Crippen LogP contribution is 2.46. The molecular weight excluding hydrogens is 530 g/mol. The number of aliphatic imine (C=N–C) groups is 1. The number of fused-ring (bicyclic) bond motifs is 1. The molecule has 3 heterocycles. The highest BCUT2D eigenvalue weighted by molar-refractivity contribution is 8.16. The van der Waals surface area contributed by atoms with Crippen molar-refractivity contribution in [2.75, 3.05) is 27.4 Å². The van der Waals surface area contributed by atoms with E-state index in [0.29, 0.717) is 41.1 Å². The molecule has 3 aliphatic heterocycles. The molecule has 0 aliphatic carbocycles. The summed E-state index contributed by atoms with van der Waals surface area (Å²) < 4.78 is 22.6. The van der Waals surface area contributed by atoms with Gasteiger partial charge in [0.15, 0.2) is 16.7 Å². The summed E-state index contributed by atoms with van der Waals surface area (Å²) in [4.78, 5) is 32.6. The third-order valence-corrected chi connectivity index (χ3v) is 7.93. The third kappa shape index (κ3) is 6.03. The van der Waals surface area contributed by atoms with E-state index < -0.39 is 12.0 Å². The lowest BCUT2D eigenvalue weighted by Crippen LogP contribution is -2.38. The molecule has 2 aromatic carbocycles. The number of carbonyl (C=O) groups is 2. The van der Waals surface area contributed by atoms with Gasteiger partial charge in [0.2, 0.25) is 5.91 Å². The zero-order valence-corrected chi connectivity index (χ0v) is 23.7. The summed E-state index contributed by atoms with van der Waals surface area (Å²) in [6.45, 7) is 3.40. The number of nitrogens with zero attached hydrogens (tertiary/aromatic N) is 2. The van der Waals surface area contributed by atoms with Crippen molar-refractivity contribution in [2.24, 2.45) is 4.99 Å². The summed E-state index contributed by atoms with van der Waals surface area (Å²) in [6.07, 6.45) is 2.16. The van der Waals surface area contributed by atoms with Crippen LogP contribution in [0.5, 0.6) is 11.5 Å². The molecule has 0 aromatic heterocycles. The van der Waals surface area contributed by atoms with E-state index >= 15 is 0 Å². The SMILES string of the molecule is COC(=O)C1=C(C)N=C2SC=C(CC(=O)NC[C@@H]3CCCO3)N2[C@H]1c1ccc(OCc2ccccc2)c(OC)c1. The van der Waals surface area contributed by atoms with Crippen LogP contribution in [0.1, 0.15) is 43.4 Å². The Morgan fingerprint density at radius 1 is 1.15 bits per heavy atom. The van der Waals surface area contributed by atoms with Crippen LogP contribution in [-0.4, -0.2) is 55.4 Å². The predicted octanol–water partition coefficient (Wildman–Crippen LogP) is 4.71. The summed E-state index contributed by atoms with van der Waals surface area (Å²) in [6, 6.07) is 14.9. The van der Waals surface area contributed by atoms with E-state index in [2.05, 4.69) is 10.3 Å². The molecule has 0 radical (unpaired) electrons. The van der Waals surface area contributed by atoms with Gasteiger partial charge in [0, 0.05) is 18.8 Å². The number of nitrogens with one attached hydrogen (secondary N) is 1. The van der Waals surface area contributed by atoms with E-state index in [4.69, 9.17) is 18.9 Å². The lowest BCUT2D eigenvalue weighted by molar-refractivity contribution is -0.136. The molecule has 1 N–H and O–H groups in total. The van der Waals surface area contributed by atoms with E-state index in [1.165, 1.54) is 18.9 Å². The molecule has 1 amide bonds. The van der Waals surface area contributed by atoms with Crippen molar-refractivity contribution >= 4 is 28.8 Å². The number of rotatable bonds is 10. The van der Waals surface area contributed by atoms with E-state index in [1.54, 1.807) is 14.0 Å². The van der Waals surface area contributed by atoms with Crippen molar-refractivity contribution in [1.29, 1.82) is 0 Å². The van der Waals surface area contributed by atoms with Crippen LogP contribution >= 0.6 is 11.8 Å². The highest BCUT2D eigenvalue weighted by atomic mass is 32.2. The van der Waals surface area contributed by atoms with Crippen molar-refractivity contribution in [3.8, 4) is 11.5 Å². The first-order chi connectivity index (χ1) is 19.5. The molecule has 40 heavy (non-hydrogen) atoms. The molecule has 1 fully saturated rings. The Bertz CT molecular complexity index is 1350. The molecule has 2 aromatic rings. The summed E-state index contributed by atoms with van der Waals surface area (Å²) in [5.41, 5.74) is 3.53. The van der Waals surface area contributed by atoms with Gasteiger partial charge in [-0.25, -0.2) is 9.79 Å². The number of benzene rings is 2. The van der Waals surface area contributed by atoms with Gasteiger partial charge in [0.05, 0.1) is 44.1 Å². The zero-order valence-electron chi connectivity index (χ0n) is 22.8. The van der Waals surface area contributed by atoms with Crippen LogP contribution < -0.4 is 14.8 Å². The average molecular weight is 564 g/mol. The number of esters is 1. The third-order valence-electron chi connectivity index (χ3n) is 7.04. The largest absolute Gasteiger partial charge is 0.493 e. The fraction of sp³-hybridized carbons (Fsp3) is 0.367. The minimum absolute atomic E-state index is 0.0577. The number of ether oxygens (including phenoxy) is 4. The number of allylic oxidation sites excluding steroid dienone is 1. The average Bonchev–Trinajstić information content (AvgIpc) is 3.64. The molecule has 0 saturated carbocycles. The number of hydrogen-bond acceptors (Lipinski definition) is 9. The molecule has 2 atom stereocenters. The number of amides is 1. The van der Waals surface area contributed by atoms with E-state index in [1.807, 2.05) is 58.8 Å². The van der Waals surface area contributed by atoms with Crippen LogP contribution in [0.15, 0.2) is 75.9 Å². The molecule has 210 valence electrons. The number of hydrogen-bond donors (Lipinski definition) is 1. The van der Waals surface area contributed by atoms with Gasteiger partial charge < -0.3 is 29.2 Å². The Balaban J connectivity index is 1.41. The topological polar surface area (TPSA) is 98.7 Å². The second kappa shape index (κ2) is 12.6. The van der Waals surface area contributed by atoms with Crippen LogP contribution in [0.2, 0.25) is 0 Å². The van der Waals surface area contributed by atoms with Crippen LogP contribution in [0.4, 0.5) is 0 Å². The summed E-state index contributed by atoms with van der Waals surface area (Å²) in [7, 11) is 2.94. The number of amidine groups is 1. The molecule has 0 unspecified atom stereocenters. The van der Waals surface area contributed by atoms with E-state index in [0.717, 1.165) is 36.3 Å². The van der Waals surface area contributed by atoms with Gasteiger partial charge >= 0.3 is 5.97 Å². The lowest BCUT2D eigenvalue weighted by atomic mass is 9.93. The van der Waals surface area contributed by atoms with Crippen molar-refractivity contribution in [2.45, 2.75) is 44.9 Å². The van der Waals surface area contributed by atoms with Crippen molar-refractivity contribution < 1.29 is 28.5 Å². The second-order valence-electron chi connectivity index (χ2n) is 9.69. The van der Waals surface area contributed by atoms with Gasteiger partial charge in [-0.2, -0.15) is 0 Å². The Morgan fingerprint density at radius 2 is 1.98 bits per heavy atom.